The van der Waals surface area contributed by atoms with Gasteiger partial charge in [0, 0.05) is 4.47 Å². The Hall–Kier alpha value is -1.27. The molecule has 1 aliphatic rings. The summed E-state index contributed by atoms with van der Waals surface area (Å²) in [6, 6.07) is 7.94. The number of amides is 1. The summed E-state index contributed by atoms with van der Waals surface area (Å²) in [5.74, 6) is 0.0155. The van der Waals surface area contributed by atoms with E-state index in [0.29, 0.717) is 5.13 Å². The van der Waals surface area contributed by atoms with E-state index in [4.69, 9.17) is 0 Å². The smallest absolute Gasteiger partial charge is 0.236 e. The molecule has 0 aliphatic heterocycles. The molecule has 98 valence electrons. The van der Waals surface area contributed by atoms with Gasteiger partial charge in [0.15, 0.2) is 0 Å². The van der Waals surface area contributed by atoms with Crippen LogP contribution >= 0.6 is 27.3 Å². The number of halogens is 1. The lowest BCUT2D eigenvalue weighted by Gasteiger charge is -2.14. The maximum absolute atomic E-state index is 12.4. The Morgan fingerprint density at radius 2 is 2.21 bits per heavy atom. The van der Waals surface area contributed by atoms with Crippen molar-refractivity contribution in [2.45, 2.75) is 25.2 Å². The SMILES string of the molecule is Cc1nnc(NC(=O)C2(c3cccc(Br)c3)CC2)s1. The molecule has 1 aromatic heterocycles. The average Bonchev–Trinajstić information content (AvgIpc) is 3.09. The molecule has 0 spiro atoms. The fourth-order valence-corrected chi connectivity index (χ4v) is 3.11. The van der Waals surface area contributed by atoms with E-state index in [9.17, 15) is 4.79 Å². The summed E-state index contributed by atoms with van der Waals surface area (Å²) in [4.78, 5) is 12.4. The highest BCUT2D eigenvalue weighted by atomic mass is 79.9. The predicted octanol–water partition coefficient (Wildman–Crippen LogP) is 3.28. The second-order valence-corrected chi connectivity index (χ2v) is 6.77. The van der Waals surface area contributed by atoms with E-state index in [0.717, 1.165) is 27.9 Å². The number of benzene rings is 1. The van der Waals surface area contributed by atoms with Gasteiger partial charge in [-0.05, 0) is 37.5 Å². The van der Waals surface area contributed by atoms with Crippen molar-refractivity contribution in [3.63, 3.8) is 0 Å². The summed E-state index contributed by atoms with van der Waals surface area (Å²) in [5.41, 5.74) is 0.671. The highest BCUT2D eigenvalue weighted by Crippen LogP contribution is 2.49. The van der Waals surface area contributed by atoms with Gasteiger partial charge in [-0.3, -0.25) is 10.1 Å². The van der Waals surface area contributed by atoms with Gasteiger partial charge < -0.3 is 0 Å². The van der Waals surface area contributed by atoms with Crippen molar-refractivity contribution in [2.24, 2.45) is 0 Å². The lowest BCUT2D eigenvalue weighted by Crippen LogP contribution is -2.27. The number of carbonyl (C=O) groups is 1. The molecule has 1 saturated carbocycles. The number of nitrogens with zero attached hydrogens (tertiary/aromatic N) is 2. The van der Waals surface area contributed by atoms with Gasteiger partial charge in [0.2, 0.25) is 11.0 Å². The quantitative estimate of drug-likeness (QED) is 0.934. The van der Waals surface area contributed by atoms with Crippen molar-refractivity contribution in [3.05, 3.63) is 39.3 Å². The molecule has 6 heteroatoms. The Morgan fingerprint density at radius 1 is 1.42 bits per heavy atom. The molecule has 19 heavy (non-hydrogen) atoms. The number of aromatic nitrogens is 2. The van der Waals surface area contributed by atoms with Gasteiger partial charge >= 0.3 is 0 Å². The van der Waals surface area contributed by atoms with Gasteiger partial charge in [0.1, 0.15) is 5.01 Å². The van der Waals surface area contributed by atoms with Crippen LogP contribution in [0.3, 0.4) is 0 Å². The Balaban J connectivity index is 1.83. The number of hydrogen-bond acceptors (Lipinski definition) is 4. The van der Waals surface area contributed by atoms with Crippen LogP contribution in [-0.2, 0) is 10.2 Å². The molecule has 1 fully saturated rings. The van der Waals surface area contributed by atoms with Crippen LogP contribution in [-0.4, -0.2) is 16.1 Å². The lowest BCUT2D eigenvalue weighted by molar-refractivity contribution is -0.118. The Kier molecular flexibility index (Phi) is 3.14. The largest absolute Gasteiger partial charge is 0.300 e. The third-order valence-electron chi connectivity index (χ3n) is 3.31. The van der Waals surface area contributed by atoms with Gasteiger partial charge in [-0.25, -0.2) is 0 Å². The minimum atomic E-state index is -0.386. The molecule has 2 aromatic rings. The Bertz CT molecular complexity index is 636. The molecular weight excluding hydrogens is 326 g/mol. The molecule has 3 rings (SSSR count). The number of carbonyl (C=O) groups excluding carboxylic acids is 1. The maximum Gasteiger partial charge on any atom is 0.236 e. The van der Waals surface area contributed by atoms with Crippen LogP contribution in [0.5, 0.6) is 0 Å². The van der Waals surface area contributed by atoms with Crippen molar-refractivity contribution in [1.82, 2.24) is 10.2 Å². The second-order valence-electron chi connectivity index (χ2n) is 4.67. The van der Waals surface area contributed by atoms with Crippen LogP contribution in [0.25, 0.3) is 0 Å². The number of hydrogen-bond donors (Lipinski definition) is 1. The molecule has 0 saturated heterocycles. The number of nitrogens with one attached hydrogen (secondary N) is 1. The fourth-order valence-electron chi connectivity index (χ4n) is 2.12. The molecule has 1 N–H and O–H groups in total. The van der Waals surface area contributed by atoms with Crippen LogP contribution < -0.4 is 5.32 Å². The lowest BCUT2D eigenvalue weighted by atomic mass is 9.95. The molecule has 4 nitrogen and oxygen atoms in total. The minimum absolute atomic E-state index is 0.0155. The first-order chi connectivity index (χ1) is 9.10. The topological polar surface area (TPSA) is 54.9 Å². The van der Waals surface area contributed by atoms with Gasteiger partial charge in [0.05, 0.1) is 5.41 Å². The normalized spacial score (nSPS) is 16.1. The van der Waals surface area contributed by atoms with Crippen molar-refractivity contribution < 1.29 is 4.79 Å². The van der Waals surface area contributed by atoms with Crippen molar-refractivity contribution in [1.29, 1.82) is 0 Å². The molecule has 0 atom stereocenters. The predicted molar refractivity (Wildman–Crippen MR) is 78.3 cm³/mol. The van der Waals surface area contributed by atoms with Crippen molar-refractivity contribution in [3.8, 4) is 0 Å². The summed E-state index contributed by atoms with van der Waals surface area (Å²) >= 11 is 4.84. The Labute approximate surface area is 123 Å². The van der Waals surface area contributed by atoms with Crippen molar-refractivity contribution >= 4 is 38.3 Å². The molecule has 1 aliphatic carbocycles. The molecular formula is C13H12BrN3OS. The summed E-state index contributed by atoms with van der Waals surface area (Å²) in [5, 5.41) is 12.1. The average molecular weight is 338 g/mol. The molecule has 0 unspecified atom stereocenters. The van der Waals surface area contributed by atoms with E-state index in [-0.39, 0.29) is 11.3 Å². The van der Waals surface area contributed by atoms with E-state index in [1.54, 1.807) is 0 Å². The summed E-state index contributed by atoms with van der Waals surface area (Å²) in [7, 11) is 0. The van der Waals surface area contributed by atoms with E-state index in [1.165, 1.54) is 11.3 Å². The first kappa shape index (κ1) is 12.7. The van der Waals surface area contributed by atoms with E-state index in [1.807, 2.05) is 31.2 Å². The van der Waals surface area contributed by atoms with Crippen LogP contribution in [0, 0.1) is 6.92 Å². The molecule has 1 aromatic carbocycles. The fraction of sp³-hybridized carbons (Fsp3) is 0.308. The summed E-state index contributed by atoms with van der Waals surface area (Å²) in [6.45, 7) is 1.87. The van der Waals surface area contributed by atoms with Crippen LogP contribution in [0.2, 0.25) is 0 Å². The van der Waals surface area contributed by atoms with Crippen LogP contribution in [0.4, 0.5) is 5.13 Å². The van der Waals surface area contributed by atoms with Crippen LogP contribution in [0.15, 0.2) is 28.7 Å². The number of rotatable bonds is 3. The molecule has 1 amide bonds. The first-order valence-electron chi connectivity index (χ1n) is 5.98. The number of aryl methyl sites for hydroxylation is 1. The first-order valence-corrected chi connectivity index (χ1v) is 7.59. The van der Waals surface area contributed by atoms with E-state index in [2.05, 4.69) is 31.4 Å². The Morgan fingerprint density at radius 3 is 2.79 bits per heavy atom. The summed E-state index contributed by atoms with van der Waals surface area (Å²) in [6.07, 6.45) is 1.76. The third-order valence-corrected chi connectivity index (χ3v) is 4.56. The second kappa shape index (κ2) is 4.68. The number of anilines is 1. The molecule has 1 heterocycles. The zero-order valence-electron chi connectivity index (χ0n) is 10.3. The van der Waals surface area contributed by atoms with Gasteiger partial charge in [0.25, 0.3) is 0 Å². The molecule has 0 radical (unpaired) electrons. The van der Waals surface area contributed by atoms with E-state index < -0.39 is 0 Å². The van der Waals surface area contributed by atoms with Gasteiger partial charge in [-0.15, -0.1) is 10.2 Å². The maximum atomic E-state index is 12.4. The van der Waals surface area contributed by atoms with Crippen molar-refractivity contribution in [2.75, 3.05) is 5.32 Å². The van der Waals surface area contributed by atoms with Gasteiger partial charge in [-0.1, -0.05) is 39.4 Å². The standard InChI is InChI=1S/C13H12BrN3OS/c1-8-16-17-12(19-8)15-11(18)13(5-6-13)9-3-2-4-10(14)7-9/h2-4,7H,5-6H2,1H3,(H,15,17,18). The van der Waals surface area contributed by atoms with E-state index >= 15 is 0 Å². The highest BCUT2D eigenvalue weighted by molar-refractivity contribution is 9.10. The van der Waals surface area contributed by atoms with Gasteiger partial charge in [-0.2, -0.15) is 0 Å². The monoisotopic (exact) mass is 337 g/mol. The minimum Gasteiger partial charge on any atom is -0.300 e. The molecule has 0 bridgehead atoms. The zero-order chi connectivity index (χ0) is 13.5. The highest BCUT2D eigenvalue weighted by Gasteiger charge is 2.51. The summed E-state index contributed by atoms with van der Waals surface area (Å²) < 4.78 is 0.996. The zero-order valence-corrected chi connectivity index (χ0v) is 12.7. The third kappa shape index (κ3) is 2.42. The van der Waals surface area contributed by atoms with Crippen LogP contribution in [0.1, 0.15) is 23.4 Å².